The molecule has 1 unspecified atom stereocenters. The van der Waals surface area contributed by atoms with Crippen molar-refractivity contribution in [3.8, 4) is 6.07 Å². The molecule has 19 heavy (non-hydrogen) atoms. The predicted molar refractivity (Wildman–Crippen MR) is 68.3 cm³/mol. The molecule has 2 rings (SSSR count). The highest BCUT2D eigenvalue weighted by Crippen LogP contribution is 2.21. The van der Waals surface area contributed by atoms with Gasteiger partial charge < -0.3 is 9.64 Å². The standard InChI is InChI=1S/C13H16N4O2/c1-2-19-12(18)11-4-3-5-17(9-11)13-15-7-10(6-14)8-16-13/h7-8,11H,2-5,9H2,1H3. The number of rotatable bonds is 3. The number of ether oxygens (including phenoxy) is 1. The Morgan fingerprint density at radius 3 is 2.95 bits per heavy atom. The zero-order chi connectivity index (χ0) is 13.7. The Bertz CT molecular complexity index is 480. The summed E-state index contributed by atoms with van der Waals surface area (Å²) in [6, 6.07) is 1.98. The highest BCUT2D eigenvalue weighted by molar-refractivity contribution is 5.73. The highest BCUT2D eigenvalue weighted by Gasteiger charge is 2.27. The van der Waals surface area contributed by atoms with Crippen LogP contribution in [0, 0.1) is 17.2 Å². The van der Waals surface area contributed by atoms with E-state index in [-0.39, 0.29) is 11.9 Å². The fraction of sp³-hybridized carbons (Fsp3) is 0.538. The zero-order valence-corrected chi connectivity index (χ0v) is 10.9. The van der Waals surface area contributed by atoms with Crippen molar-refractivity contribution in [2.24, 2.45) is 5.92 Å². The second-order valence-corrected chi connectivity index (χ2v) is 4.42. The molecular weight excluding hydrogens is 244 g/mol. The molecule has 0 radical (unpaired) electrons. The zero-order valence-electron chi connectivity index (χ0n) is 10.9. The first-order chi connectivity index (χ1) is 9.24. The van der Waals surface area contributed by atoms with Gasteiger partial charge in [0, 0.05) is 13.1 Å². The van der Waals surface area contributed by atoms with Gasteiger partial charge in [0.2, 0.25) is 5.95 Å². The lowest BCUT2D eigenvalue weighted by molar-refractivity contribution is -0.148. The topological polar surface area (TPSA) is 79.1 Å². The third-order valence-electron chi connectivity index (χ3n) is 3.09. The van der Waals surface area contributed by atoms with Gasteiger partial charge in [0.15, 0.2) is 0 Å². The van der Waals surface area contributed by atoms with E-state index in [0.29, 0.717) is 24.7 Å². The Morgan fingerprint density at radius 1 is 1.58 bits per heavy atom. The van der Waals surface area contributed by atoms with Crippen LogP contribution >= 0.6 is 0 Å². The predicted octanol–water partition coefficient (Wildman–Crippen LogP) is 1.13. The molecule has 0 amide bonds. The summed E-state index contributed by atoms with van der Waals surface area (Å²) in [4.78, 5) is 22.0. The van der Waals surface area contributed by atoms with Gasteiger partial charge in [-0.3, -0.25) is 4.79 Å². The summed E-state index contributed by atoms with van der Waals surface area (Å²) in [5.74, 6) is 0.293. The quantitative estimate of drug-likeness (QED) is 0.758. The number of piperidine rings is 1. The fourth-order valence-corrected chi connectivity index (χ4v) is 2.15. The number of carbonyl (C=O) groups excluding carboxylic acids is 1. The number of esters is 1. The van der Waals surface area contributed by atoms with Crippen LogP contribution in [0.1, 0.15) is 25.3 Å². The number of hydrogen-bond acceptors (Lipinski definition) is 6. The van der Waals surface area contributed by atoms with E-state index in [4.69, 9.17) is 10.00 Å². The number of nitriles is 1. The molecule has 6 nitrogen and oxygen atoms in total. The number of carbonyl (C=O) groups is 1. The van der Waals surface area contributed by atoms with E-state index in [9.17, 15) is 4.79 Å². The lowest BCUT2D eigenvalue weighted by atomic mass is 9.98. The summed E-state index contributed by atoms with van der Waals surface area (Å²) in [5, 5.41) is 8.71. The summed E-state index contributed by atoms with van der Waals surface area (Å²) in [5.41, 5.74) is 0.433. The molecule has 1 aliphatic heterocycles. The lowest BCUT2D eigenvalue weighted by Crippen LogP contribution is -2.40. The minimum absolute atomic E-state index is 0.118. The van der Waals surface area contributed by atoms with Crippen LogP contribution < -0.4 is 4.90 Å². The number of anilines is 1. The molecule has 1 aliphatic rings. The normalized spacial score (nSPS) is 18.7. The van der Waals surface area contributed by atoms with Gasteiger partial charge in [0.1, 0.15) is 6.07 Å². The minimum Gasteiger partial charge on any atom is -0.466 e. The molecule has 1 aromatic heterocycles. The second kappa shape index (κ2) is 6.14. The third-order valence-corrected chi connectivity index (χ3v) is 3.09. The van der Waals surface area contributed by atoms with Gasteiger partial charge in [-0.25, -0.2) is 9.97 Å². The van der Waals surface area contributed by atoms with E-state index in [1.54, 1.807) is 0 Å². The minimum atomic E-state index is -0.152. The molecule has 100 valence electrons. The largest absolute Gasteiger partial charge is 0.466 e. The molecule has 0 aliphatic carbocycles. The van der Waals surface area contributed by atoms with Gasteiger partial charge in [-0.15, -0.1) is 0 Å². The molecule has 0 saturated carbocycles. The van der Waals surface area contributed by atoms with Gasteiger partial charge in [0.25, 0.3) is 0 Å². The summed E-state index contributed by atoms with van der Waals surface area (Å²) < 4.78 is 5.05. The summed E-state index contributed by atoms with van der Waals surface area (Å²) in [6.07, 6.45) is 4.74. The Balaban J connectivity index is 2.04. The van der Waals surface area contributed by atoms with E-state index < -0.39 is 0 Å². The fourth-order valence-electron chi connectivity index (χ4n) is 2.15. The van der Waals surface area contributed by atoms with Crippen molar-refractivity contribution in [3.05, 3.63) is 18.0 Å². The van der Waals surface area contributed by atoms with Gasteiger partial charge >= 0.3 is 5.97 Å². The Kier molecular flexibility index (Phi) is 4.29. The van der Waals surface area contributed by atoms with Crippen LogP contribution in [0.5, 0.6) is 0 Å². The SMILES string of the molecule is CCOC(=O)C1CCCN(c2ncc(C#N)cn2)C1. The van der Waals surface area contributed by atoms with E-state index in [1.165, 1.54) is 12.4 Å². The van der Waals surface area contributed by atoms with E-state index in [2.05, 4.69) is 9.97 Å². The van der Waals surface area contributed by atoms with Gasteiger partial charge in [0.05, 0.1) is 30.5 Å². The van der Waals surface area contributed by atoms with Crippen LogP contribution in [0.4, 0.5) is 5.95 Å². The highest BCUT2D eigenvalue weighted by atomic mass is 16.5. The summed E-state index contributed by atoms with van der Waals surface area (Å²) in [7, 11) is 0. The van der Waals surface area contributed by atoms with Gasteiger partial charge in [-0.05, 0) is 19.8 Å². The second-order valence-electron chi connectivity index (χ2n) is 4.42. The Labute approximate surface area is 112 Å². The average Bonchev–Trinajstić information content (AvgIpc) is 2.48. The molecule has 0 N–H and O–H groups in total. The van der Waals surface area contributed by atoms with Crippen LogP contribution in [0.15, 0.2) is 12.4 Å². The van der Waals surface area contributed by atoms with Crippen molar-refractivity contribution in [1.29, 1.82) is 5.26 Å². The molecule has 6 heteroatoms. The maximum atomic E-state index is 11.7. The van der Waals surface area contributed by atoms with Crippen molar-refractivity contribution in [2.45, 2.75) is 19.8 Å². The first-order valence-electron chi connectivity index (χ1n) is 6.38. The van der Waals surface area contributed by atoms with Gasteiger partial charge in [-0.2, -0.15) is 5.26 Å². The molecule has 0 spiro atoms. The Hall–Kier alpha value is -2.16. The van der Waals surface area contributed by atoms with Crippen LogP contribution in [0.3, 0.4) is 0 Å². The molecule has 1 aromatic rings. The van der Waals surface area contributed by atoms with E-state index >= 15 is 0 Å². The third kappa shape index (κ3) is 3.19. The molecule has 2 heterocycles. The first kappa shape index (κ1) is 13.3. The van der Waals surface area contributed by atoms with Crippen LogP contribution in [0.25, 0.3) is 0 Å². The molecule has 0 aromatic carbocycles. The average molecular weight is 260 g/mol. The van der Waals surface area contributed by atoms with Crippen molar-refractivity contribution < 1.29 is 9.53 Å². The molecule has 0 bridgehead atoms. The smallest absolute Gasteiger partial charge is 0.310 e. The summed E-state index contributed by atoms with van der Waals surface area (Å²) >= 11 is 0. The molecular formula is C13H16N4O2. The van der Waals surface area contributed by atoms with Crippen molar-refractivity contribution in [3.63, 3.8) is 0 Å². The Morgan fingerprint density at radius 2 is 2.32 bits per heavy atom. The monoisotopic (exact) mass is 260 g/mol. The maximum Gasteiger partial charge on any atom is 0.310 e. The number of hydrogen-bond donors (Lipinski definition) is 0. The van der Waals surface area contributed by atoms with Gasteiger partial charge in [-0.1, -0.05) is 0 Å². The first-order valence-corrected chi connectivity index (χ1v) is 6.38. The number of nitrogens with zero attached hydrogens (tertiary/aromatic N) is 4. The van der Waals surface area contributed by atoms with Crippen molar-refractivity contribution in [1.82, 2.24) is 9.97 Å². The van der Waals surface area contributed by atoms with Crippen molar-refractivity contribution >= 4 is 11.9 Å². The molecule has 1 saturated heterocycles. The molecule has 1 fully saturated rings. The van der Waals surface area contributed by atoms with Crippen LogP contribution in [0.2, 0.25) is 0 Å². The lowest BCUT2D eigenvalue weighted by Gasteiger charge is -2.31. The maximum absolute atomic E-state index is 11.7. The van der Waals surface area contributed by atoms with Crippen LogP contribution in [-0.4, -0.2) is 35.6 Å². The van der Waals surface area contributed by atoms with E-state index in [1.807, 2.05) is 17.9 Å². The number of aromatic nitrogens is 2. The van der Waals surface area contributed by atoms with Crippen LogP contribution in [-0.2, 0) is 9.53 Å². The summed E-state index contributed by atoms with van der Waals surface area (Å²) in [6.45, 7) is 3.61. The molecule has 1 atom stereocenters. The van der Waals surface area contributed by atoms with E-state index in [0.717, 1.165) is 19.4 Å². The van der Waals surface area contributed by atoms with Crippen molar-refractivity contribution in [2.75, 3.05) is 24.6 Å².